The normalized spacial score (nSPS) is 10.3. The highest BCUT2D eigenvalue weighted by Crippen LogP contribution is 2.20. The van der Waals surface area contributed by atoms with Gasteiger partial charge in [-0.2, -0.15) is 0 Å². The van der Waals surface area contributed by atoms with Gasteiger partial charge in [0.25, 0.3) is 5.69 Å². The van der Waals surface area contributed by atoms with E-state index in [2.05, 4.69) is 12.2 Å². The molecule has 0 bridgehead atoms. The number of benzene rings is 1. The topological polar surface area (TPSA) is 64.4 Å². The van der Waals surface area contributed by atoms with Gasteiger partial charge in [0.05, 0.1) is 11.5 Å². The minimum absolute atomic E-state index is 0.122. The largest absolute Gasteiger partial charge is 0.383 e. The van der Waals surface area contributed by atoms with Crippen molar-refractivity contribution in [3.8, 4) is 0 Å². The fourth-order valence-electron chi connectivity index (χ4n) is 1.57. The molecule has 0 aliphatic carbocycles. The first-order chi connectivity index (χ1) is 8.65. The maximum absolute atomic E-state index is 10.6. The number of nitrogens with zero attached hydrogens (tertiary/aromatic N) is 1. The van der Waals surface area contributed by atoms with Crippen LogP contribution in [-0.2, 0) is 4.74 Å². The van der Waals surface area contributed by atoms with Gasteiger partial charge < -0.3 is 10.1 Å². The van der Waals surface area contributed by atoms with Crippen molar-refractivity contribution in [1.82, 2.24) is 0 Å². The van der Waals surface area contributed by atoms with Crippen LogP contribution in [0.15, 0.2) is 18.2 Å². The number of hydrogen-bond acceptors (Lipinski definition) is 4. The molecule has 18 heavy (non-hydrogen) atoms. The van der Waals surface area contributed by atoms with Gasteiger partial charge in [0.15, 0.2) is 0 Å². The molecule has 1 aromatic carbocycles. The van der Waals surface area contributed by atoms with Crippen LogP contribution >= 0.6 is 0 Å². The molecule has 1 N–H and O–H groups in total. The number of anilines is 1. The molecule has 0 amide bonds. The fraction of sp³-hybridized carbons (Fsp3) is 0.538. The van der Waals surface area contributed by atoms with E-state index in [1.54, 1.807) is 12.1 Å². The zero-order valence-electron chi connectivity index (χ0n) is 10.9. The van der Waals surface area contributed by atoms with Gasteiger partial charge in [-0.05, 0) is 25.0 Å². The Morgan fingerprint density at radius 3 is 2.78 bits per heavy atom. The minimum Gasteiger partial charge on any atom is -0.383 e. The molecule has 0 atom stereocenters. The highest BCUT2D eigenvalue weighted by Gasteiger charge is 2.07. The van der Waals surface area contributed by atoms with Crippen molar-refractivity contribution < 1.29 is 9.66 Å². The summed E-state index contributed by atoms with van der Waals surface area (Å²) in [7, 11) is 0. The number of aryl methyl sites for hydroxylation is 1. The third kappa shape index (κ3) is 4.71. The summed E-state index contributed by atoms with van der Waals surface area (Å²) in [5.41, 5.74) is 1.91. The number of nitro benzene ring substituents is 1. The third-order valence-electron chi connectivity index (χ3n) is 2.62. The minimum atomic E-state index is -0.384. The SMILES string of the molecule is CCCCOCCNc1ccc([N+](=O)[O-])cc1C. The van der Waals surface area contributed by atoms with Crippen LogP contribution in [-0.4, -0.2) is 24.7 Å². The molecule has 0 aromatic heterocycles. The zero-order valence-corrected chi connectivity index (χ0v) is 10.9. The highest BCUT2D eigenvalue weighted by atomic mass is 16.6. The molecule has 5 heteroatoms. The third-order valence-corrected chi connectivity index (χ3v) is 2.62. The van der Waals surface area contributed by atoms with Gasteiger partial charge in [-0.25, -0.2) is 0 Å². The summed E-state index contributed by atoms with van der Waals surface area (Å²) < 4.78 is 5.43. The van der Waals surface area contributed by atoms with E-state index >= 15 is 0 Å². The standard InChI is InChI=1S/C13H20N2O3/c1-3-4-8-18-9-7-14-13-6-5-12(15(16)17)10-11(13)2/h5-6,10,14H,3-4,7-9H2,1-2H3. The summed E-state index contributed by atoms with van der Waals surface area (Å²) in [6, 6.07) is 4.81. The lowest BCUT2D eigenvalue weighted by Gasteiger charge is -2.09. The number of non-ortho nitro benzene ring substituents is 1. The molecule has 0 saturated heterocycles. The van der Waals surface area contributed by atoms with Crippen LogP contribution < -0.4 is 5.32 Å². The van der Waals surface area contributed by atoms with Crippen molar-refractivity contribution in [2.75, 3.05) is 25.1 Å². The van der Waals surface area contributed by atoms with Gasteiger partial charge in [0.1, 0.15) is 0 Å². The van der Waals surface area contributed by atoms with Crippen LogP contribution in [0.1, 0.15) is 25.3 Å². The Bertz CT molecular complexity index is 394. The first kappa shape index (κ1) is 14.4. The van der Waals surface area contributed by atoms with E-state index in [0.29, 0.717) is 13.2 Å². The summed E-state index contributed by atoms with van der Waals surface area (Å²) in [5, 5.41) is 13.8. The van der Waals surface area contributed by atoms with Crippen molar-refractivity contribution in [1.29, 1.82) is 0 Å². The first-order valence-electron chi connectivity index (χ1n) is 6.21. The number of rotatable bonds is 8. The van der Waals surface area contributed by atoms with E-state index in [1.165, 1.54) is 6.07 Å². The predicted molar refractivity (Wildman–Crippen MR) is 72.1 cm³/mol. The molecule has 100 valence electrons. The zero-order chi connectivity index (χ0) is 13.4. The van der Waals surface area contributed by atoms with Crippen molar-refractivity contribution >= 4 is 11.4 Å². The lowest BCUT2D eigenvalue weighted by molar-refractivity contribution is -0.384. The van der Waals surface area contributed by atoms with Gasteiger partial charge in [0, 0.05) is 31.0 Å². The van der Waals surface area contributed by atoms with E-state index in [1.807, 2.05) is 6.92 Å². The Balaban J connectivity index is 2.36. The Labute approximate surface area is 107 Å². The van der Waals surface area contributed by atoms with Crippen LogP contribution in [0.25, 0.3) is 0 Å². The molecule has 1 rings (SSSR count). The smallest absolute Gasteiger partial charge is 0.269 e. The van der Waals surface area contributed by atoms with E-state index in [4.69, 9.17) is 4.74 Å². The average molecular weight is 252 g/mol. The Morgan fingerprint density at radius 1 is 1.39 bits per heavy atom. The molecule has 0 aliphatic rings. The van der Waals surface area contributed by atoms with E-state index in [0.717, 1.165) is 30.7 Å². The van der Waals surface area contributed by atoms with Crippen LogP contribution in [0.4, 0.5) is 11.4 Å². The number of nitrogens with one attached hydrogen (secondary N) is 1. The van der Waals surface area contributed by atoms with E-state index in [-0.39, 0.29) is 10.6 Å². The molecule has 0 saturated carbocycles. The molecule has 0 spiro atoms. The lowest BCUT2D eigenvalue weighted by Crippen LogP contribution is -2.10. The van der Waals surface area contributed by atoms with Gasteiger partial charge >= 0.3 is 0 Å². The molecule has 0 radical (unpaired) electrons. The van der Waals surface area contributed by atoms with E-state index in [9.17, 15) is 10.1 Å². The maximum atomic E-state index is 10.6. The molecular formula is C13H20N2O3. The van der Waals surface area contributed by atoms with Crippen molar-refractivity contribution in [2.24, 2.45) is 0 Å². The molecule has 5 nitrogen and oxygen atoms in total. The second kappa shape index (κ2) is 7.66. The number of unbranched alkanes of at least 4 members (excludes halogenated alkanes) is 1. The van der Waals surface area contributed by atoms with Crippen molar-refractivity contribution in [3.05, 3.63) is 33.9 Å². The second-order valence-electron chi connectivity index (χ2n) is 4.15. The Hall–Kier alpha value is -1.62. The average Bonchev–Trinajstić information content (AvgIpc) is 2.35. The van der Waals surface area contributed by atoms with Gasteiger partial charge in [-0.1, -0.05) is 13.3 Å². The van der Waals surface area contributed by atoms with Crippen LogP contribution in [0, 0.1) is 17.0 Å². The van der Waals surface area contributed by atoms with Crippen LogP contribution in [0.2, 0.25) is 0 Å². The summed E-state index contributed by atoms with van der Waals surface area (Å²) in [4.78, 5) is 10.2. The molecule has 0 heterocycles. The lowest BCUT2D eigenvalue weighted by atomic mass is 10.2. The molecule has 0 unspecified atom stereocenters. The maximum Gasteiger partial charge on any atom is 0.269 e. The van der Waals surface area contributed by atoms with Gasteiger partial charge in [-0.3, -0.25) is 10.1 Å². The first-order valence-corrected chi connectivity index (χ1v) is 6.21. The van der Waals surface area contributed by atoms with E-state index < -0.39 is 0 Å². The summed E-state index contributed by atoms with van der Waals surface area (Å²) in [6.45, 7) is 6.13. The Kier molecular flexibility index (Phi) is 6.14. The molecular weight excluding hydrogens is 232 g/mol. The summed E-state index contributed by atoms with van der Waals surface area (Å²) in [6.07, 6.45) is 2.21. The second-order valence-corrected chi connectivity index (χ2v) is 4.15. The predicted octanol–water partition coefficient (Wildman–Crippen LogP) is 3.13. The summed E-state index contributed by atoms with van der Waals surface area (Å²) in [5.74, 6) is 0. The van der Waals surface area contributed by atoms with Crippen LogP contribution in [0.3, 0.4) is 0 Å². The molecule has 0 fully saturated rings. The quantitative estimate of drug-likeness (QED) is 0.438. The fourth-order valence-corrected chi connectivity index (χ4v) is 1.57. The Morgan fingerprint density at radius 2 is 2.17 bits per heavy atom. The summed E-state index contributed by atoms with van der Waals surface area (Å²) >= 11 is 0. The van der Waals surface area contributed by atoms with Crippen molar-refractivity contribution in [3.63, 3.8) is 0 Å². The van der Waals surface area contributed by atoms with Crippen molar-refractivity contribution in [2.45, 2.75) is 26.7 Å². The van der Waals surface area contributed by atoms with Crippen LogP contribution in [0.5, 0.6) is 0 Å². The highest BCUT2D eigenvalue weighted by molar-refractivity contribution is 5.55. The number of nitro groups is 1. The molecule has 0 aliphatic heterocycles. The van der Waals surface area contributed by atoms with Gasteiger partial charge in [-0.15, -0.1) is 0 Å². The monoisotopic (exact) mass is 252 g/mol. The number of hydrogen-bond donors (Lipinski definition) is 1. The van der Waals surface area contributed by atoms with Gasteiger partial charge in [0.2, 0.25) is 0 Å². The molecule has 1 aromatic rings. The number of ether oxygens (including phenoxy) is 1.